The smallest absolute Gasteiger partial charge is 0.143 e. The van der Waals surface area contributed by atoms with Gasteiger partial charge in [-0.3, -0.25) is 0 Å². The maximum atomic E-state index is 4.53. The van der Waals surface area contributed by atoms with Gasteiger partial charge in [0.25, 0.3) is 0 Å². The number of aromatic nitrogens is 2. The quantitative estimate of drug-likeness (QED) is 0.772. The average Bonchev–Trinajstić information content (AvgIpc) is 2.36. The largest absolute Gasteiger partial charge is 0.372 e. The van der Waals surface area contributed by atoms with Gasteiger partial charge in [-0.15, -0.1) is 0 Å². The lowest BCUT2D eigenvalue weighted by molar-refractivity contribution is 0.935. The summed E-state index contributed by atoms with van der Waals surface area (Å²) in [5.74, 6) is 1.75. The lowest BCUT2D eigenvalue weighted by Crippen LogP contribution is -2.05. The third-order valence-corrected chi connectivity index (χ3v) is 4.40. The van der Waals surface area contributed by atoms with Gasteiger partial charge in [-0.2, -0.15) is 0 Å². The van der Waals surface area contributed by atoms with Crippen molar-refractivity contribution in [3.05, 3.63) is 49.4 Å². The van der Waals surface area contributed by atoms with Crippen molar-refractivity contribution in [3.63, 3.8) is 0 Å². The zero-order valence-electron chi connectivity index (χ0n) is 10.2. The molecule has 1 aromatic heterocycles. The first kappa shape index (κ1) is 13.7. The van der Waals surface area contributed by atoms with E-state index in [1.165, 1.54) is 5.56 Å². The minimum absolute atomic E-state index is 0.750. The Morgan fingerprint density at radius 2 is 1.89 bits per heavy atom. The second-order valence-electron chi connectivity index (χ2n) is 3.94. The van der Waals surface area contributed by atoms with Gasteiger partial charge in [-0.1, -0.05) is 28.1 Å². The molecule has 0 saturated carbocycles. The van der Waals surface area contributed by atoms with Crippen molar-refractivity contribution in [1.29, 1.82) is 0 Å². The minimum atomic E-state index is 0.750. The Balaban J connectivity index is 2.29. The zero-order valence-corrected chi connectivity index (χ0v) is 13.9. The van der Waals surface area contributed by atoms with Gasteiger partial charge in [-0.05, 0) is 47.2 Å². The lowest BCUT2D eigenvalue weighted by atomic mass is 10.1. The van der Waals surface area contributed by atoms with E-state index in [1.807, 2.05) is 26.1 Å². The summed E-state index contributed by atoms with van der Waals surface area (Å²) in [6.07, 6.45) is 0.750. The van der Waals surface area contributed by atoms with Gasteiger partial charge in [0.1, 0.15) is 11.6 Å². The molecule has 0 spiro atoms. The molecule has 0 radical (unpaired) electrons. The van der Waals surface area contributed by atoms with Crippen LogP contribution in [0.1, 0.15) is 17.1 Å². The first-order valence-corrected chi connectivity index (χ1v) is 7.42. The van der Waals surface area contributed by atoms with E-state index < -0.39 is 0 Å². The molecule has 3 nitrogen and oxygen atoms in total. The first-order valence-electron chi connectivity index (χ1n) is 5.55. The molecule has 1 aromatic carbocycles. The number of benzene rings is 1. The number of hydrogen-bond acceptors (Lipinski definition) is 3. The highest BCUT2D eigenvalue weighted by atomic mass is 127. The molecule has 5 heteroatoms. The summed E-state index contributed by atoms with van der Waals surface area (Å²) in [7, 11) is 1.88. The van der Waals surface area contributed by atoms with Crippen molar-refractivity contribution in [2.45, 2.75) is 13.3 Å². The van der Waals surface area contributed by atoms with E-state index in [-0.39, 0.29) is 0 Å². The van der Waals surface area contributed by atoms with E-state index in [4.69, 9.17) is 0 Å². The van der Waals surface area contributed by atoms with Crippen molar-refractivity contribution in [2.24, 2.45) is 0 Å². The minimum Gasteiger partial charge on any atom is -0.372 e. The Bertz CT molecular complexity index is 555. The Morgan fingerprint density at radius 1 is 1.22 bits per heavy atom. The highest BCUT2D eigenvalue weighted by Gasteiger charge is 2.08. The topological polar surface area (TPSA) is 37.8 Å². The molecule has 0 amide bonds. The third kappa shape index (κ3) is 3.20. The van der Waals surface area contributed by atoms with Crippen LogP contribution in [0.2, 0.25) is 0 Å². The molecule has 1 heterocycles. The van der Waals surface area contributed by atoms with Crippen LogP contribution in [0, 0.1) is 10.5 Å². The SMILES string of the molecule is CNc1nc(Cc2ccc(Br)cc2)nc(C)c1I. The van der Waals surface area contributed by atoms with Crippen molar-refractivity contribution in [2.75, 3.05) is 12.4 Å². The first-order chi connectivity index (χ1) is 8.60. The summed E-state index contributed by atoms with van der Waals surface area (Å²) in [6, 6.07) is 8.24. The van der Waals surface area contributed by atoms with E-state index >= 15 is 0 Å². The second kappa shape index (κ2) is 5.97. The summed E-state index contributed by atoms with van der Waals surface area (Å²) in [5, 5.41) is 3.11. The molecule has 18 heavy (non-hydrogen) atoms. The van der Waals surface area contributed by atoms with Crippen molar-refractivity contribution in [1.82, 2.24) is 9.97 Å². The van der Waals surface area contributed by atoms with E-state index in [2.05, 4.69) is 65.9 Å². The molecule has 0 saturated heterocycles. The summed E-state index contributed by atoms with van der Waals surface area (Å²) >= 11 is 5.70. The van der Waals surface area contributed by atoms with Crippen LogP contribution in [0.5, 0.6) is 0 Å². The van der Waals surface area contributed by atoms with Gasteiger partial charge in [-0.25, -0.2) is 9.97 Å². The fraction of sp³-hybridized carbons (Fsp3) is 0.231. The highest BCUT2D eigenvalue weighted by Crippen LogP contribution is 2.19. The van der Waals surface area contributed by atoms with E-state index in [9.17, 15) is 0 Å². The molecule has 0 aliphatic heterocycles. The third-order valence-electron chi connectivity index (χ3n) is 2.58. The molecule has 94 valence electrons. The highest BCUT2D eigenvalue weighted by molar-refractivity contribution is 14.1. The molecule has 0 fully saturated rings. The molecule has 2 aromatic rings. The van der Waals surface area contributed by atoms with Crippen LogP contribution >= 0.6 is 38.5 Å². The Hall–Kier alpha value is -0.690. The molecule has 0 bridgehead atoms. The van der Waals surface area contributed by atoms with Crippen LogP contribution in [0.3, 0.4) is 0 Å². The molecule has 2 rings (SSSR count). The monoisotopic (exact) mass is 417 g/mol. The van der Waals surface area contributed by atoms with Crippen LogP contribution in [0.15, 0.2) is 28.7 Å². The van der Waals surface area contributed by atoms with Crippen LogP contribution in [0.25, 0.3) is 0 Å². The second-order valence-corrected chi connectivity index (χ2v) is 5.94. The molecule has 0 unspecified atom stereocenters. The number of rotatable bonds is 3. The lowest BCUT2D eigenvalue weighted by Gasteiger charge is -2.08. The maximum absolute atomic E-state index is 4.53. The molecule has 0 atom stereocenters. The number of halogens is 2. The number of anilines is 1. The predicted molar refractivity (Wildman–Crippen MR) is 86.0 cm³/mol. The van der Waals surface area contributed by atoms with Gasteiger partial charge in [0.05, 0.1) is 9.26 Å². The van der Waals surface area contributed by atoms with Crippen molar-refractivity contribution < 1.29 is 0 Å². The van der Waals surface area contributed by atoms with Crippen LogP contribution in [0.4, 0.5) is 5.82 Å². The van der Waals surface area contributed by atoms with Gasteiger partial charge < -0.3 is 5.32 Å². The molecular weight excluding hydrogens is 405 g/mol. The summed E-state index contributed by atoms with van der Waals surface area (Å²) < 4.78 is 2.16. The number of nitrogens with one attached hydrogen (secondary N) is 1. The van der Waals surface area contributed by atoms with Crippen LogP contribution < -0.4 is 5.32 Å². The van der Waals surface area contributed by atoms with Crippen molar-refractivity contribution >= 4 is 44.3 Å². The number of hydrogen-bond donors (Lipinski definition) is 1. The average molecular weight is 418 g/mol. The van der Waals surface area contributed by atoms with Crippen molar-refractivity contribution in [3.8, 4) is 0 Å². The fourth-order valence-electron chi connectivity index (χ4n) is 1.65. The number of aryl methyl sites for hydroxylation is 1. The summed E-state index contributed by atoms with van der Waals surface area (Å²) in [4.78, 5) is 9.06. The molecule has 1 N–H and O–H groups in total. The molecular formula is C13H13BrIN3. The van der Waals surface area contributed by atoms with Gasteiger partial charge in [0.2, 0.25) is 0 Å². The standard InChI is InChI=1S/C13H13BrIN3/c1-8-12(15)13(16-2)18-11(17-8)7-9-3-5-10(14)6-4-9/h3-6H,7H2,1-2H3,(H,16,17,18). The van der Waals surface area contributed by atoms with E-state index in [1.54, 1.807) is 0 Å². The Morgan fingerprint density at radius 3 is 2.50 bits per heavy atom. The fourth-order valence-corrected chi connectivity index (χ4v) is 2.42. The van der Waals surface area contributed by atoms with Gasteiger partial charge >= 0.3 is 0 Å². The Labute approximate surface area is 129 Å². The van der Waals surface area contributed by atoms with Gasteiger partial charge in [0.15, 0.2) is 0 Å². The predicted octanol–water partition coefficient (Wildman–Crippen LogP) is 3.78. The number of nitrogens with zero attached hydrogens (tertiary/aromatic N) is 2. The van der Waals surface area contributed by atoms with E-state index in [0.29, 0.717) is 0 Å². The summed E-state index contributed by atoms with van der Waals surface area (Å²) in [5.41, 5.74) is 2.22. The molecule has 0 aliphatic rings. The summed E-state index contributed by atoms with van der Waals surface area (Å²) in [6.45, 7) is 2.01. The van der Waals surface area contributed by atoms with Gasteiger partial charge in [0, 0.05) is 17.9 Å². The van der Waals surface area contributed by atoms with Crippen LogP contribution in [-0.4, -0.2) is 17.0 Å². The van der Waals surface area contributed by atoms with E-state index in [0.717, 1.165) is 31.8 Å². The normalized spacial score (nSPS) is 10.4. The Kier molecular flexibility index (Phi) is 4.55. The maximum Gasteiger partial charge on any atom is 0.143 e. The molecule has 0 aliphatic carbocycles. The zero-order chi connectivity index (χ0) is 13.1. The van der Waals surface area contributed by atoms with Crippen LogP contribution in [-0.2, 0) is 6.42 Å².